The van der Waals surface area contributed by atoms with Crippen LogP contribution in [-0.2, 0) is 4.79 Å². The average Bonchev–Trinajstić information content (AvgIpc) is 2.78. The second kappa shape index (κ2) is 5.11. The maximum Gasteiger partial charge on any atom is 0.131 e. The maximum atomic E-state index is 11.2. The molecule has 0 radical (unpaired) electrons. The van der Waals surface area contributed by atoms with E-state index < -0.39 is 0 Å². The van der Waals surface area contributed by atoms with Gasteiger partial charge in [0.2, 0.25) is 0 Å². The highest BCUT2D eigenvalue weighted by molar-refractivity contribution is 5.76. The molecule has 0 aromatic carbocycles. The molecule has 0 bridgehead atoms. The monoisotopic (exact) mass is 209 g/mol. The van der Waals surface area contributed by atoms with Gasteiger partial charge in [0.15, 0.2) is 0 Å². The van der Waals surface area contributed by atoms with Crippen molar-refractivity contribution in [2.45, 2.75) is 57.9 Å². The molecular formula is C13H23NO. The van der Waals surface area contributed by atoms with Crippen molar-refractivity contribution in [3.63, 3.8) is 0 Å². The SMILES string of the molecule is CC(=O)CC1CCCN1CC1CCCC1. The Bertz CT molecular complexity index is 221. The first kappa shape index (κ1) is 11.1. The summed E-state index contributed by atoms with van der Waals surface area (Å²) in [6.45, 7) is 4.22. The number of likely N-dealkylation sites (tertiary alicyclic amines) is 1. The van der Waals surface area contributed by atoms with E-state index in [0.717, 1.165) is 12.3 Å². The van der Waals surface area contributed by atoms with E-state index >= 15 is 0 Å². The summed E-state index contributed by atoms with van der Waals surface area (Å²) < 4.78 is 0. The minimum absolute atomic E-state index is 0.360. The summed E-state index contributed by atoms with van der Waals surface area (Å²) in [6, 6.07) is 0.572. The zero-order chi connectivity index (χ0) is 10.7. The van der Waals surface area contributed by atoms with Crippen molar-refractivity contribution in [3.8, 4) is 0 Å². The summed E-state index contributed by atoms with van der Waals surface area (Å²) in [5, 5.41) is 0. The minimum Gasteiger partial charge on any atom is -0.300 e. The number of rotatable bonds is 4. The zero-order valence-electron chi connectivity index (χ0n) is 9.87. The summed E-state index contributed by atoms with van der Waals surface area (Å²) in [4.78, 5) is 13.7. The molecule has 1 unspecified atom stereocenters. The van der Waals surface area contributed by atoms with Gasteiger partial charge in [0.05, 0.1) is 0 Å². The molecule has 2 fully saturated rings. The Morgan fingerprint density at radius 2 is 1.93 bits per heavy atom. The van der Waals surface area contributed by atoms with Crippen LogP contribution in [0.2, 0.25) is 0 Å². The number of ketones is 1. The third-order valence-corrected chi connectivity index (χ3v) is 3.99. The Morgan fingerprint density at radius 1 is 1.20 bits per heavy atom. The van der Waals surface area contributed by atoms with E-state index in [2.05, 4.69) is 4.90 Å². The molecule has 86 valence electrons. The third-order valence-electron chi connectivity index (χ3n) is 3.99. The summed E-state index contributed by atoms with van der Waals surface area (Å²) in [7, 11) is 0. The van der Waals surface area contributed by atoms with Crippen LogP contribution in [0.1, 0.15) is 51.9 Å². The average molecular weight is 209 g/mol. The van der Waals surface area contributed by atoms with Crippen LogP contribution in [0.4, 0.5) is 0 Å². The van der Waals surface area contributed by atoms with Crippen molar-refractivity contribution in [1.29, 1.82) is 0 Å². The fraction of sp³-hybridized carbons (Fsp3) is 0.923. The molecule has 2 heteroatoms. The van der Waals surface area contributed by atoms with Crippen LogP contribution in [-0.4, -0.2) is 29.8 Å². The van der Waals surface area contributed by atoms with E-state index in [1.165, 1.54) is 51.6 Å². The lowest BCUT2D eigenvalue weighted by Gasteiger charge is -2.26. The molecule has 0 aromatic rings. The van der Waals surface area contributed by atoms with Crippen molar-refractivity contribution >= 4 is 5.78 Å². The van der Waals surface area contributed by atoms with Gasteiger partial charge in [-0.05, 0) is 45.1 Å². The van der Waals surface area contributed by atoms with Gasteiger partial charge in [-0.1, -0.05) is 12.8 Å². The van der Waals surface area contributed by atoms with Crippen LogP contribution in [0.5, 0.6) is 0 Å². The smallest absolute Gasteiger partial charge is 0.131 e. The zero-order valence-corrected chi connectivity index (χ0v) is 9.87. The van der Waals surface area contributed by atoms with Gasteiger partial charge in [-0.2, -0.15) is 0 Å². The highest BCUT2D eigenvalue weighted by atomic mass is 16.1. The lowest BCUT2D eigenvalue weighted by Crippen LogP contribution is -2.34. The largest absolute Gasteiger partial charge is 0.300 e. The molecule has 0 N–H and O–H groups in total. The van der Waals surface area contributed by atoms with E-state index in [0.29, 0.717) is 11.8 Å². The summed E-state index contributed by atoms with van der Waals surface area (Å²) in [6.07, 6.45) is 9.02. The van der Waals surface area contributed by atoms with E-state index in [1.54, 1.807) is 6.92 Å². The van der Waals surface area contributed by atoms with Gasteiger partial charge in [0.25, 0.3) is 0 Å². The number of carbonyl (C=O) groups excluding carboxylic acids is 1. The third kappa shape index (κ3) is 3.04. The van der Waals surface area contributed by atoms with E-state index in [9.17, 15) is 4.79 Å². The van der Waals surface area contributed by atoms with Crippen molar-refractivity contribution in [1.82, 2.24) is 4.90 Å². The van der Waals surface area contributed by atoms with Gasteiger partial charge < -0.3 is 0 Å². The number of carbonyl (C=O) groups is 1. The molecule has 1 saturated heterocycles. The number of Topliss-reactive ketones (excluding diaryl/α,β-unsaturated/α-hetero) is 1. The summed E-state index contributed by atoms with van der Waals surface area (Å²) >= 11 is 0. The number of hydrogen-bond acceptors (Lipinski definition) is 2. The van der Waals surface area contributed by atoms with Crippen LogP contribution >= 0.6 is 0 Å². The van der Waals surface area contributed by atoms with Crippen LogP contribution in [0.3, 0.4) is 0 Å². The molecular weight excluding hydrogens is 186 g/mol. The van der Waals surface area contributed by atoms with Crippen molar-refractivity contribution in [3.05, 3.63) is 0 Å². The molecule has 0 spiro atoms. The second-order valence-corrected chi connectivity index (χ2v) is 5.35. The van der Waals surface area contributed by atoms with Gasteiger partial charge in [0, 0.05) is 19.0 Å². The van der Waals surface area contributed by atoms with Crippen molar-refractivity contribution in [2.75, 3.05) is 13.1 Å². The minimum atomic E-state index is 0.360. The number of hydrogen-bond donors (Lipinski definition) is 0. The predicted octanol–water partition coefficient (Wildman–Crippen LogP) is 2.62. The molecule has 0 amide bonds. The quantitative estimate of drug-likeness (QED) is 0.709. The molecule has 1 atom stereocenters. The van der Waals surface area contributed by atoms with E-state index in [4.69, 9.17) is 0 Å². The molecule has 0 aromatic heterocycles. The van der Waals surface area contributed by atoms with Crippen molar-refractivity contribution < 1.29 is 4.79 Å². The Morgan fingerprint density at radius 3 is 2.60 bits per heavy atom. The van der Waals surface area contributed by atoms with Gasteiger partial charge in [-0.3, -0.25) is 9.69 Å². The number of nitrogens with zero attached hydrogens (tertiary/aromatic N) is 1. The molecule has 1 saturated carbocycles. The van der Waals surface area contributed by atoms with E-state index in [-0.39, 0.29) is 0 Å². The van der Waals surface area contributed by atoms with Gasteiger partial charge >= 0.3 is 0 Å². The summed E-state index contributed by atoms with van der Waals surface area (Å²) in [5.41, 5.74) is 0. The highest BCUT2D eigenvalue weighted by Gasteiger charge is 2.28. The fourth-order valence-electron chi connectivity index (χ4n) is 3.22. The fourth-order valence-corrected chi connectivity index (χ4v) is 3.22. The van der Waals surface area contributed by atoms with Crippen LogP contribution in [0.25, 0.3) is 0 Å². The standard InChI is InChI=1S/C13H23NO/c1-11(15)9-13-7-4-8-14(13)10-12-5-2-3-6-12/h12-13H,2-10H2,1H3. The first-order valence-corrected chi connectivity index (χ1v) is 6.49. The van der Waals surface area contributed by atoms with Crippen LogP contribution in [0, 0.1) is 5.92 Å². The van der Waals surface area contributed by atoms with E-state index in [1.807, 2.05) is 0 Å². The van der Waals surface area contributed by atoms with Crippen LogP contribution < -0.4 is 0 Å². The van der Waals surface area contributed by atoms with Gasteiger partial charge in [-0.15, -0.1) is 0 Å². The molecule has 1 aliphatic carbocycles. The Labute approximate surface area is 93.0 Å². The molecule has 15 heavy (non-hydrogen) atoms. The summed E-state index contributed by atoms with van der Waals surface area (Å²) in [5.74, 6) is 1.29. The molecule has 1 heterocycles. The predicted molar refractivity (Wildman–Crippen MR) is 61.9 cm³/mol. The van der Waals surface area contributed by atoms with Crippen molar-refractivity contribution in [2.24, 2.45) is 5.92 Å². The Balaban J connectivity index is 1.81. The first-order chi connectivity index (χ1) is 7.25. The van der Waals surface area contributed by atoms with Gasteiger partial charge in [-0.25, -0.2) is 0 Å². The molecule has 2 aliphatic rings. The topological polar surface area (TPSA) is 20.3 Å². The first-order valence-electron chi connectivity index (χ1n) is 6.49. The molecule has 1 aliphatic heterocycles. The van der Waals surface area contributed by atoms with Crippen LogP contribution in [0.15, 0.2) is 0 Å². The molecule has 2 nitrogen and oxygen atoms in total. The highest BCUT2D eigenvalue weighted by Crippen LogP contribution is 2.29. The van der Waals surface area contributed by atoms with Gasteiger partial charge in [0.1, 0.15) is 5.78 Å². The maximum absolute atomic E-state index is 11.2. The lowest BCUT2D eigenvalue weighted by atomic mass is 10.1. The Hall–Kier alpha value is -0.370. The normalized spacial score (nSPS) is 28.7. The molecule has 2 rings (SSSR count). The second-order valence-electron chi connectivity index (χ2n) is 5.35. The Kier molecular flexibility index (Phi) is 3.79. The lowest BCUT2D eigenvalue weighted by molar-refractivity contribution is -0.118.